The van der Waals surface area contributed by atoms with Gasteiger partial charge in [-0.25, -0.2) is 4.98 Å². The number of nitrogens with zero attached hydrogens (tertiary/aromatic N) is 4. The lowest BCUT2D eigenvalue weighted by Gasteiger charge is -2.10. The topological polar surface area (TPSA) is 90.4 Å². The molecule has 0 bridgehead atoms. The van der Waals surface area contributed by atoms with Crippen LogP contribution < -0.4 is 15.8 Å². The van der Waals surface area contributed by atoms with Gasteiger partial charge in [0.2, 0.25) is 0 Å². The van der Waals surface area contributed by atoms with Crippen LogP contribution >= 0.6 is 0 Å². The first-order valence-corrected chi connectivity index (χ1v) is 6.63. The van der Waals surface area contributed by atoms with Crippen LogP contribution in [0.3, 0.4) is 0 Å². The van der Waals surface area contributed by atoms with Gasteiger partial charge in [0.05, 0.1) is 0 Å². The molecule has 7 nitrogen and oxygen atoms in total. The highest BCUT2D eigenvalue weighted by molar-refractivity contribution is 5.60. The van der Waals surface area contributed by atoms with Gasteiger partial charge in [0, 0.05) is 30.1 Å². The molecule has 0 unspecified atom stereocenters. The van der Waals surface area contributed by atoms with Gasteiger partial charge in [0.15, 0.2) is 0 Å². The summed E-state index contributed by atoms with van der Waals surface area (Å²) in [5, 5.41) is 7.46. The summed E-state index contributed by atoms with van der Waals surface area (Å²) in [5.41, 5.74) is 7.20. The van der Waals surface area contributed by atoms with Crippen LogP contribution in [0.15, 0.2) is 36.7 Å². The third-order valence-corrected chi connectivity index (χ3v) is 2.87. The first-order valence-electron chi connectivity index (χ1n) is 6.63. The van der Waals surface area contributed by atoms with E-state index < -0.39 is 0 Å². The number of aryl methyl sites for hydroxylation is 1. The Bertz CT molecular complexity index is 754. The van der Waals surface area contributed by atoms with E-state index in [2.05, 4.69) is 20.4 Å². The standard InChI is InChI=1S/C14H16N6O/c1-10-7-13(20-14(18-10)16-9-17-20)19-11-3-2-4-12(8-11)21-6-5-15/h2-4,7-9,19H,5-6,15H2,1H3. The fraction of sp³-hybridized carbons (Fsp3) is 0.214. The fourth-order valence-corrected chi connectivity index (χ4v) is 2.01. The number of aromatic nitrogens is 4. The molecule has 0 saturated carbocycles. The first-order chi connectivity index (χ1) is 10.3. The summed E-state index contributed by atoms with van der Waals surface area (Å²) in [4.78, 5) is 8.41. The maximum absolute atomic E-state index is 5.52. The van der Waals surface area contributed by atoms with Crippen molar-refractivity contribution in [2.75, 3.05) is 18.5 Å². The van der Waals surface area contributed by atoms with Gasteiger partial charge in [-0.3, -0.25) is 0 Å². The van der Waals surface area contributed by atoms with E-state index in [-0.39, 0.29) is 0 Å². The predicted molar refractivity (Wildman–Crippen MR) is 79.8 cm³/mol. The Hall–Kier alpha value is -2.67. The molecule has 0 amide bonds. The summed E-state index contributed by atoms with van der Waals surface area (Å²) in [6.45, 7) is 2.90. The van der Waals surface area contributed by atoms with Crippen LogP contribution in [-0.2, 0) is 0 Å². The molecule has 3 N–H and O–H groups in total. The number of rotatable bonds is 5. The SMILES string of the molecule is Cc1cc(Nc2cccc(OCCN)c2)n2ncnc2n1. The second-order valence-corrected chi connectivity index (χ2v) is 4.54. The lowest BCUT2D eigenvalue weighted by Crippen LogP contribution is -2.10. The fourth-order valence-electron chi connectivity index (χ4n) is 2.01. The molecule has 0 aliphatic heterocycles. The molecule has 2 heterocycles. The highest BCUT2D eigenvalue weighted by atomic mass is 16.5. The van der Waals surface area contributed by atoms with Crippen molar-refractivity contribution in [2.24, 2.45) is 5.73 Å². The summed E-state index contributed by atoms with van der Waals surface area (Å²) in [6.07, 6.45) is 1.48. The van der Waals surface area contributed by atoms with Gasteiger partial charge in [-0.2, -0.15) is 14.6 Å². The molecule has 0 fully saturated rings. The van der Waals surface area contributed by atoms with Gasteiger partial charge >= 0.3 is 0 Å². The third-order valence-electron chi connectivity index (χ3n) is 2.87. The quantitative estimate of drug-likeness (QED) is 0.738. The number of nitrogens with two attached hydrogens (primary N) is 1. The van der Waals surface area contributed by atoms with Crippen LogP contribution in [0.5, 0.6) is 5.75 Å². The van der Waals surface area contributed by atoms with Crippen LogP contribution in [0.4, 0.5) is 11.5 Å². The minimum Gasteiger partial charge on any atom is -0.492 e. The minimum absolute atomic E-state index is 0.487. The summed E-state index contributed by atoms with van der Waals surface area (Å²) in [7, 11) is 0. The minimum atomic E-state index is 0.487. The van der Waals surface area contributed by atoms with Gasteiger partial charge in [0.25, 0.3) is 5.78 Å². The van der Waals surface area contributed by atoms with Crippen molar-refractivity contribution < 1.29 is 4.74 Å². The first kappa shape index (κ1) is 13.3. The van der Waals surface area contributed by atoms with Crippen molar-refractivity contribution in [3.63, 3.8) is 0 Å². The molecule has 108 valence electrons. The van der Waals surface area contributed by atoms with E-state index in [1.807, 2.05) is 37.3 Å². The van der Waals surface area contributed by atoms with E-state index in [9.17, 15) is 0 Å². The van der Waals surface area contributed by atoms with Crippen LogP contribution in [0.25, 0.3) is 5.78 Å². The zero-order valence-corrected chi connectivity index (χ0v) is 11.7. The van der Waals surface area contributed by atoms with Crippen molar-refractivity contribution in [3.8, 4) is 5.75 Å². The average Bonchev–Trinajstić information content (AvgIpc) is 2.94. The van der Waals surface area contributed by atoms with Crippen LogP contribution in [-0.4, -0.2) is 32.7 Å². The van der Waals surface area contributed by atoms with Gasteiger partial charge in [-0.05, 0) is 19.1 Å². The van der Waals surface area contributed by atoms with Gasteiger partial charge < -0.3 is 15.8 Å². The number of hydrogen-bond acceptors (Lipinski definition) is 6. The molecule has 0 aliphatic carbocycles. The van der Waals surface area contributed by atoms with Crippen molar-refractivity contribution in [1.29, 1.82) is 0 Å². The molecular formula is C14H16N6O. The Morgan fingerprint density at radius 1 is 1.33 bits per heavy atom. The molecule has 0 saturated heterocycles. The zero-order chi connectivity index (χ0) is 14.7. The number of anilines is 2. The predicted octanol–water partition coefficient (Wildman–Crippen LogP) is 1.51. The lowest BCUT2D eigenvalue weighted by atomic mass is 10.3. The second kappa shape index (κ2) is 5.76. The summed E-state index contributed by atoms with van der Waals surface area (Å²) < 4.78 is 7.17. The maximum atomic E-state index is 5.52. The lowest BCUT2D eigenvalue weighted by molar-refractivity contribution is 0.328. The molecule has 21 heavy (non-hydrogen) atoms. The zero-order valence-electron chi connectivity index (χ0n) is 11.7. The van der Waals surface area contributed by atoms with E-state index >= 15 is 0 Å². The molecule has 0 aliphatic rings. The van der Waals surface area contributed by atoms with Crippen molar-refractivity contribution in [2.45, 2.75) is 6.92 Å². The van der Waals surface area contributed by atoms with Crippen molar-refractivity contribution in [1.82, 2.24) is 19.6 Å². The molecule has 2 aromatic heterocycles. The molecule has 3 rings (SSSR count). The van der Waals surface area contributed by atoms with Crippen LogP contribution in [0.2, 0.25) is 0 Å². The number of hydrogen-bond donors (Lipinski definition) is 2. The van der Waals surface area contributed by atoms with E-state index in [0.717, 1.165) is 22.9 Å². The smallest absolute Gasteiger partial charge is 0.254 e. The summed E-state index contributed by atoms with van der Waals surface area (Å²) in [6, 6.07) is 9.58. The highest BCUT2D eigenvalue weighted by Gasteiger charge is 2.06. The van der Waals surface area contributed by atoms with E-state index in [1.165, 1.54) is 6.33 Å². The Morgan fingerprint density at radius 3 is 3.10 bits per heavy atom. The van der Waals surface area contributed by atoms with E-state index in [0.29, 0.717) is 18.9 Å². The Morgan fingerprint density at radius 2 is 2.24 bits per heavy atom. The molecular weight excluding hydrogens is 268 g/mol. The highest BCUT2D eigenvalue weighted by Crippen LogP contribution is 2.21. The molecule has 7 heteroatoms. The average molecular weight is 284 g/mol. The normalized spacial score (nSPS) is 10.8. The summed E-state index contributed by atoms with van der Waals surface area (Å²) in [5.74, 6) is 2.13. The molecule has 0 radical (unpaired) electrons. The van der Waals surface area contributed by atoms with Crippen LogP contribution in [0, 0.1) is 6.92 Å². The Balaban J connectivity index is 1.89. The number of benzene rings is 1. The van der Waals surface area contributed by atoms with Gasteiger partial charge in [0.1, 0.15) is 24.5 Å². The number of nitrogens with one attached hydrogen (secondary N) is 1. The molecule has 0 spiro atoms. The Labute approximate surface area is 121 Å². The second-order valence-electron chi connectivity index (χ2n) is 4.54. The summed E-state index contributed by atoms with van der Waals surface area (Å²) >= 11 is 0. The molecule has 3 aromatic rings. The molecule has 1 aromatic carbocycles. The number of fused-ring (bicyclic) bond motifs is 1. The third kappa shape index (κ3) is 2.92. The van der Waals surface area contributed by atoms with Crippen molar-refractivity contribution >= 4 is 17.3 Å². The maximum Gasteiger partial charge on any atom is 0.254 e. The number of ether oxygens (including phenoxy) is 1. The van der Waals surface area contributed by atoms with E-state index in [1.54, 1.807) is 4.52 Å². The van der Waals surface area contributed by atoms with Crippen LogP contribution in [0.1, 0.15) is 5.69 Å². The van der Waals surface area contributed by atoms with E-state index in [4.69, 9.17) is 10.5 Å². The monoisotopic (exact) mass is 284 g/mol. The van der Waals surface area contributed by atoms with Crippen molar-refractivity contribution in [3.05, 3.63) is 42.4 Å². The van der Waals surface area contributed by atoms with Gasteiger partial charge in [-0.15, -0.1) is 0 Å². The molecule has 0 atom stereocenters. The largest absolute Gasteiger partial charge is 0.492 e. The van der Waals surface area contributed by atoms with Gasteiger partial charge in [-0.1, -0.05) is 6.07 Å². The Kier molecular flexibility index (Phi) is 3.65.